The predicted molar refractivity (Wildman–Crippen MR) is 69.3 cm³/mol. The van der Waals surface area contributed by atoms with E-state index in [9.17, 15) is 4.39 Å². The van der Waals surface area contributed by atoms with Gasteiger partial charge in [-0.25, -0.2) is 4.39 Å². The Kier molecular flexibility index (Phi) is 4.16. The average molecular weight is 235 g/mol. The molecule has 0 heterocycles. The molecule has 1 aromatic carbocycles. The number of benzene rings is 1. The molecule has 0 aliphatic heterocycles. The van der Waals surface area contributed by atoms with E-state index in [0.29, 0.717) is 0 Å². The Morgan fingerprint density at radius 3 is 2.12 bits per heavy atom. The van der Waals surface area contributed by atoms with Crippen LogP contribution in [0, 0.1) is 11.2 Å². The van der Waals surface area contributed by atoms with Crippen LogP contribution in [0.3, 0.4) is 0 Å². The van der Waals surface area contributed by atoms with Crippen LogP contribution in [-0.4, -0.2) is 6.54 Å². The summed E-state index contributed by atoms with van der Waals surface area (Å²) in [5.41, 5.74) is 7.49. The third-order valence-electron chi connectivity index (χ3n) is 4.09. The van der Waals surface area contributed by atoms with Gasteiger partial charge < -0.3 is 5.73 Å². The average Bonchev–Trinajstić information content (AvgIpc) is 2.58. The number of hydrogen-bond donors (Lipinski definition) is 1. The maximum atomic E-state index is 12.9. The van der Waals surface area contributed by atoms with Gasteiger partial charge in [0.15, 0.2) is 0 Å². The molecule has 2 rings (SSSR count). The van der Waals surface area contributed by atoms with Gasteiger partial charge in [0.25, 0.3) is 0 Å². The minimum Gasteiger partial charge on any atom is -0.330 e. The second-order valence-electron chi connectivity index (χ2n) is 5.42. The summed E-state index contributed by atoms with van der Waals surface area (Å²) in [5, 5.41) is 0. The summed E-state index contributed by atoms with van der Waals surface area (Å²) >= 11 is 0. The molecule has 1 nitrogen and oxygen atoms in total. The lowest BCUT2D eigenvalue weighted by Gasteiger charge is -2.31. The third-order valence-corrected chi connectivity index (χ3v) is 4.09. The number of halogens is 1. The smallest absolute Gasteiger partial charge is 0.123 e. The second-order valence-corrected chi connectivity index (χ2v) is 5.42. The fraction of sp³-hybridized carbons (Fsp3) is 0.600. The number of hydrogen-bond acceptors (Lipinski definition) is 1. The van der Waals surface area contributed by atoms with Crippen LogP contribution in [0.2, 0.25) is 0 Å². The molecule has 0 atom stereocenters. The van der Waals surface area contributed by atoms with Gasteiger partial charge in [0, 0.05) is 0 Å². The van der Waals surface area contributed by atoms with E-state index in [4.69, 9.17) is 5.73 Å². The lowest BCUT2D eigenvalue weighted by Crippen LogP contribution is -2.32. The summed E-state index contributed by atoms with van der Waals surface area (Å²) in [6, 6.07) is 6.90. The lowest BCUT2D eigenvalue weighted by atomic mass is 9.75. The second kappa shape index (κ2) is 5.63. The molecule has 17 heavy (non-hydrogen) atoms. The van der Waals surface area contributed by atoms with Crippen molar-refractivity contribution in [2.24, 2.45) is 11.1 Å². The SMILES string of the molecule is NCC1(Cc2ccc(F)cc2)CCCCCC1. The highest BCUT2D eigenvalue weighted by Crippen LogP contribution is 2.37. The maximum absolute atomic E-state index is 12.9. The van der Waals surface area contributed by atoms with E-state index in [1.165, 1.54) is 44.1 Å². The molecule has 1 fully saturated rings. The van der Waals surface area contributed by atoms with E-state index < -0.39 is 0 Å². The van der Waals surface area contributed by atoms with Crippen molar-refractivity contribution in [2.45, 2.75) is 44.9 Å². The Hall–Kier alpha value is -0.890. The first-order chi connectivity index (χ1) is 8.24. The van der Waals surface area contributed by atoms with Crippen molar-refractivity contribution < 1.29 is 4.39 Å². The van der Waals surface area contributed by atoms with Crippen LogP contribution in [0.4, 0.5) is 4.39 Å². The zero-order valence-electron chi connectivity index (χ0n) is 10.4. The first-order valence-corrected chi connectivity index (χ1v) is 6.69. The zero-order chi connectivity index (χ0) is 12.1. The largest absolute Gasteiger partial charge is 0.330 e. The van der Waals surface area contributed by atoms with E-state index in [2.05, 4.69) is 0 Å². The topological polar surface area (TPSA) is 26.0 Å². The van der Waals surface area contributed by atoms with Crippen LogP contribution in [0.5, 0.6) is 0 Å². The Balaban J connectivity index is 2.09. The van der Waals surface area contributed by atoms with Crippen molar-refractivity contribution in [3.63, 3.8) is 0 Å². The molecular weight excluding hydrogens is 213 g/mol. The molecule has 2 N–H and O–H groups in total. The van der Waals surface area contributed by atoms with Crippen LogP contribution in [0.25, 0.3) is 0 Å². The summed E-state index contributed by atoms with van der Waals surface area (Å²) in [7, 11) is 0. The molecule has 1 aliphatic carbocycles. The third kappa shape index (κ3) is 3.29. The first-order valence-electron chi connectivity index (χ1n) is 6.69. The van der Waals surface area contributed by atoms with Gasteiger partial charge in [-0.05, 0) is 48.9 Å². The van der Waals surface area contributed by atoms with Crippen molar-refractivity contribution in [3.8, 4) is 0 Å². The Bertz CT molecular complexity index is 336. The summed E-state index contributed by atoms with van der Waals surface area (Å²) in [6.45, 7) is 0.754. The van der Waals surface area contributed by atoms with Gasteiger partial charge in [-0.1, -0.05) is 37.8 Å². The van der Waals surface area contributed by atoms with Gasteiger partial charge in [0.2, 0.25) is 0 Å². The molecule has 0 saturated heterocycles. The van der Waals surface area contributed by atoms with Crippen molar-refractivity contribution in [2.75, 3.05) is 6.54 Å². The van der Waals surface area contributed by atoms with Crippen LogP contribution in [-0.2, 0) is 6.42 Å². The van der Waals surface area contributed by atoms with E-state index in [1.54, 1.807) is 12.1 Å². The van der Waals surface area contributed by atoms with E-state index in [-0.39, 0.29) is 11.2 Å². The van der Waals surface area contributed by atoms with Gasteiger partial charge in [0.05, 0.1) is 0 Å². The highest BCUT2D eigenvalue weighted by molar-refractivity contribution is 5.18. The summed E-state index contributed by atoms with van der Waals surface area (Å²) in [4.78, 5) is 0. The molecule has 1 aromatic rings. The minimum absolute atomic E-state index is 0.156. The predicted octanol–water partition coefficient (Wildman–Crippen LogP) is 3.67. The molecule has 1 aliphatic rings. The molecule has 0 amide bonds. The molecule has 94 valence electrons. The van der Waals surface area contributed by atoms with Gasteiger partial charge >= 0.3 is 0 Å². The lowest BCUT2D eigenvalue weighted by molar-refractivity contribution is 0.252. The standard InChI is InChI=1S/C15H22FN/c16-14-7-5-13(6-8-14)11-15(12-17)9-3-1-2-4-10-15/h5-8H,1-4,9-12,17H2. The maximum Gasteiger partial charge on any atom is 0.123 e. The molecule has 0 aromatic heterocycles. The normalized spacial score (nSPS) is 19.9. The summed E-state index contributed by atoms with van der Waals surface area (Å²) in [6.07, 6.45) is 8.71. The highest BCUT2D eigenvalue weighted by atomic mass is 19.1. The van der Waals surface area contributed by atoms with Crippen molar-refractivity contribution in [1.82, 2.24) is 0 Å². The fourth-order valence-corrected chi connectivity index (χ4v) is 2.97. The zero-order valence-corrected chi connectivity index (χ0v) is 10.4. The Labute approximate surface area is 103 Å². The van der Waals surface area contributed by atoms with Crippen LogP contribution in [0.1, 0.15) is 44.1 Å². The molecule has 1 saturated carbocycles. The van der Waals surface area contributed by atoms with Crippen LogP contribution >= 0.6 is 0 Å². The monoisotopic (exact) mass is 235 g/mol. The van der Waals surface area contributed by atoms with Crippen molar-refractivity contribution in [1.29, 1.82) is 0 Å². The van der Waals surface area contributed by atoms with Gasteiger partial charge in [-0.3, -0.25) is 0 Å². The minimum atomic E-state index is -0.156. The molecule has 2 heteroatoms. The Morgan fingerprint density at radius 2 is 1.59 bits per heavy atom. The van der Waals surface area contributed by atoms with Gasteiger partial charge in [0.1, 0.15) is 5.82 Å². The van der Waals surface area contributed by atoms with Crippen LogP contribution < -0.4 is 5.73 Å². The van der Waals surface area contributed by atoms with Gasteiger partial charge in [-0.15, -0.1) is 0 Å². The molecule has 0 unspecified atom stereocenters. The quantitative estimate of drug-likeness (QED) is 0.795. The van der Waals surface area contributed by atoms with E-state index in [1.807, 2.05) is 12.1 Å². The molecular formula is C15H22FN. The number of rotatable bonds is 3. The first kappa shape index (κ1) is 12.6. The van der Waals surface area contributed by atoms with E-state index >= 15 is 0 Å². The molecule has 0 bridgehead atoms. The molecule has 0 spiro atoms. The van der Waals surface area contributed by atoms with Crippen molar-refractivity contribution in [3.05, 3.63) is 35.6 Å². The summed E-state index contributed by atoms with van der Waals surface area (Å²) < 4.78 is 12.9. The molecule has 0 radical (unpaired) electrons. The Morgan fingerprint density at radius 1 is 1.00 bits per heavy atom. The fourth-order valence-electron chi connectivity index (χ4n) is 2.97. The van der Waals surface area contributed by atoms with Crippen molar-refractivity contribution >= 4 is 0 Å². The highest BCUT2D eigenvalue weighted by Gasteiger charge is 2.29. The van der Waals surface area contributed by atoms with E-state index in [0.717, 1.165) is 13.0 Å². The van der Waals surface area contributed by atoms with Crippen LogP contribution in [0.15, 0.2) is 24.3 Å². The van der Waals surface area contributed by atoms with Gasteiger partial charge in [-0.2, -0.15) is 0 Å². The number of nitrogens with two attached hydrogens (primary N) is 1. The summed E-state index contributed by atoms with van der Waals surface area (Å²) in [5.74, 6) is -0.156.